The average Bonchev–Trinajstić information content (AvgIpc) is 2.59. The van der Waals surface area contributed by atoms with Crippen LogP contribution in [-0.2, 0) is 16.4 Å². The summed E-state index contributed by atoms with van der Waals surface area (Å²) in [6.07, 6.45) is 6.45. The number of benzene rings is 1. The van der Waals surface area contributed by atoms with Gasteiger partial charge in [-0.1, -0.05) is 25.5 Å². The van der Waals surface area contributed by atoms with E-state index in [0.29, 0.717) is 5.71 Å². The minimum atomic E-state index is -3.65. The predicted molar refractivity (Wildman–Crippen MR) is 91.8 cm³/mol. The fraction of sp³-hybridized carbons (Fsp3) is 0.294. The largest absolute Gasteiger partial charge is 0.276 e. The first-order chi connectivity index (χ1) is 11.0. The lowest BCUT2D eigenvalue weighted by molar-refractivity contribution is 0.584. The van der Waals surface area contributed by atoms with Gasteiger partial charge in [0, 0.05) is 18.0 Å². The van der Waals surface area contributed by atoms with E-state index in [4.69, 9.17) is 0 Å². The minimum absolute atomic E-state index is 0.212. The summed E-state index contributed by atoms with van der Waals surface area (Å²) >= 11 is 0. The lowest BCUT2D eigenvalue weighted by atomic mass is 10.1. The third-order valence-electron chi connectivity index (χ3n) is 3.48. The van der Waals surface area contributed by atoms with Gasteiger partial charge in [0.05, 0.1) is 10.6 Å². The smallest absolute Gasteiger partial charge is 0.265 e. The number of hydrogen-bond donors (Lipinski definition) is 1. The Bertz CT molecular complexity index is 754. The summed E-state index contributed by atoms with van der Waals surface area (Å²) < 4.78 is 24.5. The summed E-state index contributed by atoms with van der Waals surface area (Å²) in [5.74, 6) is 0. The van der Waals surface area contributed by atoms with Gasteiger partial charge in [-0.25, -0.2) is 0 Å². The fourth-order valence-electron chi connectivity index (χ4n) is 2.06. The molecule has 1 N–H and O–H groups in total. The van der Waals surface area contributed by atoms with Crippen molar-refractivity contribution in [2.24, 2.45) is 5.10 Å². The molecule has 1 aromatic heterocycles. The number of aryl methyl sites for hydroxylation is 1. The zero-order valence-electron chi connectivity index (χ0n) is 13.4. The van der Waals surface area contributed by atoms with Gasteiger partial charge in [0.2, 0.25) is 0 Å². The molecule has 0 bridgehead atoms. The summed E-state index contributed by atoms with van der Waals surface area (Å²) in [5.41, 5.74) is 2.54. The summed E-state index contributed by atoms with van der Waals surface area (Å²) in [4.78, 5) is 6.41. The molecule has 0 fully saturated rings. The summed E-state index contributed by atoms with van der Waals surface area (Å²) in [6.45, 7) is 3.87. The molecule has 0 saturated heterocycles. The Morgan fingerprint density at radius 1 is 1.13 bits per heavy atom. The van der Waals surface area contributed by atoms with E-state index in [2.05, 4.69) is 21.8 Å². The number of hydrogen-bond acceptors (Lipinski definition) is 4. The molecule has 0 aliphatic rings. The number of nitrogens with one attached hydrogen (secondary N) is 1. The van der Waals surface area contributed by atoms with E-state index < -0.39 is 10.0 Å². The van der Waals surface area contributed by atoms with Crippen molar-refractivity contribution in [3.05, 3.63) is 59.9 Å². The molecule has 122 valence electrons. The van der Waals surface area contributed by atoms with E-state index >= 15 is 0 Å². The van der Waals surface area contributed by atoms with Gasteiger partial charge in [-0.2, -0.15) is 18.4 Å². The quantitative estimate of drug-likeness (QED) is 0.626. The van der Waals surface area contributed by atoms with Crippen LogP contribution in [0.3, 0.4) is 0 Å². The van der Waals surface area contributed by atoms with Crippen LogP contribution in [-0.4, -0.2) is 19.1 Å². The van der Waals surface area contributed by atoms with Gasteiger partial charge in [-0.05, 0) is 49.6 Å². The summed E-state index contributed by atoms with van der Waals surface area (Å²) in [5, 5.41) is 3.97. The first kappa shape index (κ1) is 17.1. The zero-order chi connectivity index (χ0) is 16.7. The van der Waals surface area contributed by atoms with Crippen LogP contribution in [0.4, 0.5) is 0 Å². The molecule has 0 aliphatic carbocycles. The Kier molecular flexibility index (Phi) is 5.87. The highest BCUT2D eigenvalue weighted by molar-refractivity contribution is 7.89. The van der Waals surface area contributed by atoms with Gasteiger partial charge in [0.1, 0.15) is 0 Å². The molecule has 0 aliphatic heterocycles. The van der Waals surface area contributed by atoms with Gasteiger partial charge in [-0.3, -0.25) is 4.98 Å². The van der Waals surface area contributed by atoms with E-state index in [1.165, 1.54) is 0 Å². The van der Waals surface area contributed by atoms with Crippen molar-refractivity contribution in [1.29, 1.82) is 0 Å². The molecule has 0 amide bonds. The second-order valence-electron chi connectivity index (χ2n) is 5.28. The lowest BCUT2D eigenvalue weighted by Crippen LogP contribution is -2.20. The molecule has 0 atom stereocenters. The first-order valence-corrected chi connectivity index (χ1v) is 9.06. The maximum absolute atomic E-state index is 12.3. The first-order valence-electron chi connectivity index (χ1n) is 7.58. The second kappa shape index (κ2) is 7.87. The number of unbranched alkanes of at least 4 members (excludes halogenated alkanes) is 1. The maximum Gasteiger partial charge on any atom is 0.276 e. The van der Waals surface area contributed by atoms with Crippen LogP contribution in [0.15, 0.2) is 58.8 Å². The van der Waals surface area contributed by atoms with Crippen molar-refractivity contribution >= 4 is 15.7 Å². The molecular weight excluding hydrogens is 310 g/mol. The lowest BCUT2D eigenvalue weighted by Gasteiger charge is -2.06. The van der Waals surface area contributed by atoms with Gasteiger partial charge < -0.3 is 0 Å². The van der Waals surface area contributed by atoms with Crippen LogP contribution in [0.5, 0.6) is 0 Å². The van der Waals surface area contributed by atoms with Crippen molar-refractivity contribution in [3.63, 3.8) is 0 Å². The van der Waals surface area contributed by atoms with Crippen LogP contribution in [0.1, 0.15) is 37.8 Å². The highest BCUT2D eigenvalue weighted by atomic mass is 32.2. The average molecular weight is 331 g/mol. The van der Waals surface area contributed by atoms with Crippen molar-refractivity contribution in [1.82, 2.24) is 9.82 Å². The molecule has 0 unspecified atom stereocenters. The van der Waals surface area contributed by atoms with Crippen molar-refractivity contribution in [2.75, 3.05) is 0 Å². The summed E-state index contributed by atoms with van der Waals surface area (Å²) in [7, 11) is -3.65. The topological polar surface area (TPSA) is 71.4 Å². The van der Waals surface area contributed by atoms with Crippen molar-refractivity contribution < 1.29 is 8.42 Å². The van der Waals surface area contributed by atoms with E-state index in [1.807, 2.05) is 12.1 Å². The number of sulfonamides is 1. The number of aromatic nitrogens is 1. The number of nitrogens with zero attached hydrogens (tertiary/aromatic N) is 2. The minimum Gasteiger partial charge on any atom is -0.265 e. The van der Waals surface area contributed by atoms with Crippen LogP contribution >= 0.6 is 0 Å². The van der Waals surface area contributed by atoms with Crippen LogP contribution < -0.4 is 4.83 Å². The Labute approximate surface area is 137 Å². The second-order valence-corrected chi connectivity index (χ2v) is 6.94. The molecule has 2 rings (SSSR count). The van der Waals surface area contributed by atoms with Gasteiger partial charge >= 0.3 is 0 Å². The van der Waals surface area contributed by atoms with E-state index in [-0.39, 0.29) is 4.90 Å². The van der Waals surface area contributed by atoms with E-state index in [0.717, 1.165) is 30.4 Å². The molecule has 0 radical (unpaired) electrons. The Hall–Kier alpha value is -2.21. The van der Waals surface area contributed by atoms with Gasteiger partial charge in [0.15, 0.2) is 0 Å². The molecule has 2 aromatic rings. The third kappa shape index (κ3) is 4.89. The normalized spacial score (nSPS) is 12.2. The number of hydrazone groups is 1. The van der Waals surface area contributed by atoms with E-state index in [9.17, 15) is 8.42 Å². The highest BCUT2D eigenvalue weighted by Crippen LogP contribution is 2.12. The molecule has 0 spiro atoms. The van der Waals surface area contributed by atoms with Crippen LogP contribution in [0.2, 0.25) is 0 Å². The number of pyridine rings is 1. The molecule has 1 heterocycles. The molecule has 1 aromatic carbocycles. The standard InChI is InChI=1S/C17H21N3O2S/c1-3-4-5-15-6-8-17(9-7-15)23(21,22)20-19-14(2)16-10-12-18-13-11-16/h6-13,20H,3-5H2,1-2H3/b19-14-. The van der Waals surface area contributed by atoms with Crippen molar-refractivity contribution in [2.45, 2.75) is 38.0 Å². The van der Waals surface area contributed by atoms with E-state index in [1.54, 1.807) is 43.6 Å². The SMILES string of the molecule is CCCCc1ccc(S(=O)(=O)N/N=C(/C)c2ccncc2)cc1. The maximum atomic E-state index is 12.3. The summed E-state index contributed by atoms with van der Waals surface area (Å²) in [6, 6.07) is 10.5. The molecule has 5 nitrogen and oxygen atoms in total. The number of rotatable bonds is 7. The Morgan fingerprint density at radius 3 is 2.39 bits per heavy atom. The zero-order valence-corrected chi connectivity index (χ0v) is 14.2. The van der Waals surface area contributed by atoms with Crippen LogP contribution in [0.25, 0.3) is 0 Å². The molecule has 6 heteroatoms. The predicted octanol–water partition coefficient (Wildman–Crippen LogP) is 3.13. The Balaban J connectivity index is 2.09. The molecule has 0 saturated carbocycles. The van der Waals surface area contributed by atoms with Crippen LogP contribution in [0, 0.1) is 0 Å². The third-order valence-corrected chi connectivity index (χ3v) is 4.71. The van der Waals surface area contributed by atoms with Crippen molar-refractivity contribution in [3.8, 4) is 0 Å². The fourth-order valence-corrected chi connectivity index (χ4v) is 2.91. The monoisotopic (exact) mass is 331 g/mol. The Morgan fingerprint density at radius 2 is 1.78 bits per heavy atom. The highest BCUT2D eigenvalue weighted by Gasteiger charge is 2.12. The molecule has 23 heavy (non-hydrogen) atoms. The van der Waals surface area contributed by atoms with Gasteiger partial charge in [0.25, 0.3) is 10.0 Å². The molecular formula is C17H21N3O2S. The van der Waals surface area contributed by atoms with Gasteiger partial charge in [-0.15, -0.1) is 0 Å².